The zero-order chi connectivity index (χ0) is 6.81. The molecule has 1 heterocycles. The molecule has 0 bridgehead atoms. The van der Waals surface area contributed by atoms with Crippen LogP contribution in [-0.4, -0.2) is 25.8 Å². The van der Waals surface area contributed by atoms with Crippen molar-refractivity contribution in [3.63, 3.8) is 0 Å². The van der Waals surface area contributed by atoms with Crippen molar-refractivity contribution in [2.45, 2.75) is 25.4 Å². The maximum absolute atomic E-state index is 5.60. The average Bonchev–Trinajstić information content (AvgIpc) is 2.63. The SMILES string of the molecule is C1C[C@@H](COC2CC2)CN1. The molecule has 1 aliphatic carbocycles. The summed E-state index contributed by atoms with van der Waals surface area (Å²) in [6, 6.07) is 0. The van der Waals surface area contributed by atoms with Gasteiger partial charge in [-0.3, -0.25) is 0 Å². The van der Waals surface area contributed by atoms with Crippen LogP contribution in [0.2, 0.25) is 0 Å². The van der Waals surface area contributed by atoms with E-state index in [9.17, 15) is 0 Å². The Morgan fingerprint density at radius 2 is 2.20 bits per heavy atom. The second-order valence-electron chi connectivity index (χ2n) is 3.39. The van der Waals surface area contributed by atoms with Gasteiger partial charge in [-0.05, 0) is 31.7 Å². The van der Waals surface area contributed by atoms with Crippen molar-refractivity contribution < 1.29 is 4.74 Å². The highest BCUT2D eigenvalue weighted by Gasteiger charge is 2.24. The molecule has 2 heteroatoms. The molecule has 1 saturated carbocycles. The first-order valence-corrected chi connectivity index (χ1v) is 4.27. The Kier molecular flexibility index (Phi) is 1.91. The van der Waals surface area contributed by atoms with Crippen molar-refractivity contribution in [3.8, 4) is 0 Å². The molecule has 2 aliphatic rings. The smallest absolute Gasteiger partial charge is 0.0577 e. The normalized spacial score (nSPS) is 33.0. The van der Waals surface area contributed by atoms with E-state index in [1.54, 1.807) is 0 Å². The topological polar surface area (TPSA) is 21.3 Å². The first kappa shape index (κ1) is 6.62. The number of rotatable bonds is 3. The van der Waals surface area contributed by atoms with Gasteiger partial charge in [-0.15, -0.1) is 0 Å². The van der Waals surface area contributed by atoms with Crippen LogP contribution in [0.5, 0.6) is 0 Å². The quantitative estimate of drug-likeness (QED) is 0.627. The summed E-state index contributed by atoms with van der Waals surface area (Å²) in [4.78, 5) is 0. The number of hydrogen-bond donors (Lipinski definition) is 1. The van der Waals surface area contributed by atoms with Gasteiger partial charge in [0.05, 0.1) is 12.7 Å². The Labute approximate surface area is 61.9 Å². The van der Waals surface area contributed by atoms with Gasteiger partial charge in [-0.2, -0.15) is 0 Å². The lowest BCUT2D eigenvalue weighted by Crippen LogP contribution is -2.14. The molecule has 0 radical (unpaired) electrons. The summed E-state index contributed by atoms with van der Waals surface area (Å²) >= 11 is 0. The molecular weight excluding hydrogens is 126 g/mol. The monoisotopic (exact) mass is 141 g/mol. The first-order chi connectivity index (χ1) is 4.95. The molecule has 0 unspecified atom stereocenters. The Balaban J connectivity index is 1.59. The van der Waals surface area contributed by atoms with Crippen LogP contribution in [-0.2, 0) is 4.74 Å². The molecule has 2 rings (SSSR count). The van der Waals surface area contributed by atoms with E-state index in [0.29, 0.717) is 6.10 Å². The molecule has 0 spiro atoms. The van der Waals surface area contributed by atoms with Crippen molar-refractivity contribution in [2.24, 2.45) is 5.92 Å². The first-order valence-electron chi connectivity index (χ1n) is 4.27. The minimum Gasteiger partial charge on any atom is -0.378 e. The van der Waals surface area contributed by atoms with Crippen molar-refractivity contribution in [1.29, 1.82) is 0 Å². The second-order valence-corrected chi connectivity index (χ2v) is 3.39. The Bertz CT molecular complexity index is 106. The van der Waals surface area contributed by atoms with Gasteiger partial charge in [0.25, 0.3) is 0 Å². The minimum absolute atomic E-state index is 0.639. The fourth-order valence-corrected chi connectivity index (χ4v) is 1.36. The van der Waals surface area contributed by atoms with Gasteiger partial charge in [0.15, 0.2) is 0 Å². The lowest BCUT2D eigenvalue weighted by atomic mass is 10.1. The molecule has 1 N–H and O–H groups in total. The fourth-order valence-electron chi connectivity index (χ4n) is 1.36. The van der Waals surface area contributed by atoms with Gasteiger partial charge in [-0.25, -0.2) is 0 Å². The Morgan fingerprint density at radius 1 is 1.30 bits per heavy atom. The molecule has 1 saturated heterocycles. The third-order valence-electron chi connectivity index (χ3n) is 2.25. The van der Waals surface area contributed by atoms with Crippen molar-refractivity contribution in [1.82, 2.24) is 5.32 Å². The van der Waals surface area contributed by atoms with Crippen LogP contribution >= 0.6 is 0 Å². The van der Waals surface area contributed by atoms with E-state index in [2.05, 4.69) is 5.32 Å². The molecule has 0 aromatic heterocycles. The minimum atomic E-state index is 0.639. The third-order valence-corrected chi connectivity index (χ3v) is 2.25. The zero-order valence-electron chi connectivity index (χ0n) is 6.31. The summed E-state index contributed by atoms with van der Waals surface area (Å²) in [5.41, 5.74) is 0. The van der Waals surface area contributed by atoms with Crippen LogP contribution < -0.4 is 5.32 Å². The van der Waals surface area contributed by atoms with Crippen LogP contribution in [0.25, 0.3) is 0 Å². The largest absolute Gasteiger partial charge is 0.378 e. The van der Waals surface area contributed by atoms with Crippen molar-refractivity contribution in [2.75, 3.05) is 19.7 Å². The lowest BCUT2D eigenvalue weighted by molar-refractivity contribution is 0.0915. The molecule has 2 fully saturated rings. The fraction of sp³-hybridized carbons (Fsp3) is 1.00. The van der Waals surface area contributed by atoms with E-state index in [4.69, 9.17) is 4.74 Å². The average molecular weight is 141 g/mol. The molecule has 58 valence electrons. The highest BCUT2D eigenvalue weighted by atomic mass is 16.5. The molecule has 0 aromatic carbocycles. The number of hydrogen-bond acceptors (Lipinski definition) is 2. The van der Waals surface area contributed by atoms with E-state index >= 15 is 0 Å². The second kappa shape index (κ2) is 2.89. The maximum Gasteiger partial charge on any atom is 0.0577 e. The van der Waals surface area contributed by atoms with E-state index in [1.165, 1.54) is 32.4 Å². The highest BCUT2D eigenvalue weighted by molar-refractivity contribution is 4.76. The zero-order valence-corrected chi connectivity index (χ0v) is 6.31. The van der Waals surface area contributed by atoms with Crippen LogP contribution in [0, 0.1) is 5.92 Å². The van der Waals surface area contributed by atoms with Crippen molar-refractivity contribution in [3.05, 3.63) is 0 Å². The number of ether oxygens (including phenoxy) is 1. The Hall–Kier alpha value is -0.0800. The summed E-state index contributed by atoms with van der Waals surface area (Å²) in [5.74, 6) is 0.806. The molecule has 2 nitrogen and oxygen atoms in total. The van der Waals surface area contributed by atoms with Crippen LogP contribution in [0.4, 0.5) is 0 Å². The van der Waals surface area contributed by atoms with E-state index in [-0.39, 0.29) is 0 Å². The van der Waals surface area contributed by atoms with Gasteiger partial charge < -0.3 is 10.1 Å². The summed E-state index contributed by atoms with van der Waals surface area (Å²) in [5, 5.41) is 3.34. The highest BCUT2D eigenvalue weighted by Crippen LogP contribution is 2.24. The van der Waals surface area contributed by atoms with Gasteiger partial charge in [0.1, 0.15) is 0 Å². The third kappa shape index (κ3) is 1.70. The van der Waals surface area contributed by atoms with Crippen molar-refractivity contribution >= 4 is 0 Å². The Morgan fingerprint density at radius 3 is 2.80 bits per heavy atom. The molecule has 1 atom stereocenters. The van der Waals surface area contributed by atoms with Gasteiger partial charge in [-0.1, -0.05) is 0 Å². The van der Waals surface area contributed by atoms with Crippen LogP contribution in [0.1, 0.15) is 19.3 Å². The van der Waals surface area contributed by atoms with E-state index < -0.39 is 0 Å². The molecule has 10 heavy (non-hydrogen) atoms. The van der Waals surface area contributed by atoms with Gasteiger partial charge in [0, 0.05) is 6.54 Å². The molecular formula is C8H15NO. The summed E-state index contributed by atoms with van der Waals surface area (Å²) in [7, 11) is 0. The van der Waals surface area contributed by atoms with E-state index in [0.717, 1.165) is 12.5 Å². The number of nitrogens with one attached hydrogen (secondary N) is 1. The predicted molar refractivity (Wildman–Crippen MR) is 40.0 cm³/mol. The van der Waals surface area contributed by atoms with E-state index in [1.807, 2.05) is 0 Å². The van der Waals surface area contributed by atoms with Gasteiger partial charge in [0.2, 0.25) is 0 Å². The summed E-state index contributed by atoms with van der Waals surface area (Å²) in [6.45, 7) is 3.36. The lowest BCUT2D eigenvalue weighted by Gasteiger charge is -2.07. The molecule has 0 amide bonds. The summed E-state index contributed by atoms with van der Waals surface area (Å²) < 4.78 is 5.60. The van der Waals surface area contributed by atoms with Crippen LogP contribution in [0.15, 0.2) is 0 Å². The van der Waals surface area contributed by atoms with Gasteiger partial charge >= 0.3 is 0 Å². The standard InChI is InChI=1S/C8H15NO/c1-2-8(1)10-6-7-3-4-9-5-7/h7-9H,1-6H2/t7-/m1/s1. The predicted octanol–water partition coefficient (Wildman–Crippen LogP) is 0.775. The molecule has 0 aromatic rings. The molecule has 1 aliphatic heterocycles. The van der Waals surface area contributed by atoms with Crippen LogP contribution in [0.3, 0.4) is 0 Å². The maximum atomic E-state index is 5.60. The summed E-state index contributed by atoms with van der Waals surface area (Å²) in [6.07, 6.45) is 4.56.